The highest BCUT2D eigenvalue weighted by Gasteiger charge is 2.11. The topological polar surface area (TPSA) is 157 Å². The largest absolute Gasteiger partial charge is 0.366 e. The first-order chi connectivity index (χ1) is 9.36. The number of H-pyrrole nitrogens is 1. The Morgan fingerprint density at radius 3 is 2.75 bits per heavy atom. The van der Waals surface area contributed by atoms with Gasteiger partial charge in [0.05, 0.1) is 4.90 Å². The van der Waals surface area contributed by atoms with E-state index in [4.69, 9.17) is 10.9 Å². The summed E-state index contributed by atoms with van der Waals surface area (Å²) in [7, 11) is -3.77. The predicted octanol–water partition coefficient (Wildman–Crippen LogP) is -1.04. The summed E-state index contributed by atoms with van der Waals surface area (Å²) in [5.74, 6) is -0.563. The lowest BCUT2D eigenvalue weighted by atomic mass is 10.2. The van der Waals surface area contributed by atoms with Crippen LogP contribution in [0.2, 0.25) is 0 Å². The molecule has 6 N–H and O–H groups in total. The molecular weight excluding hydrogens is 284 g/mol. The zero-order valence-electron chi connectivity index (χ0n) is 10.2. The third-order valence-electron chi connectivity index (χ3n) is 2.40. The molecule has 0 fully saturated rings. The fraction of sp³-hybridized carbons (Fsp3) is 0.100. The van der Waals surface area contributed by atoms with Crippen LogP contribution in [0.15, 0.2) is 29.2 Å². The molecule has 0 unspecified atom stereocenters. The summed E-state index contributed by atoms with van der Waals surface area (Å²) in [4.78, 5) is 15.3. The third kappa shape index (κ3) is 3.30. The Morgan fingerprint density at radius 2 is 2.15 bits per heavy atom. The molecule has 0 aliphatic heterocycles. The molecule has 20 heavy (non-hydrogen) atoms. The lowest BCUT2D eigenvalue weighted by Gasteiger charge is -2.05. The fourth-order valence-corrected chi connectivity index (χ4v) is 2.06. The van der Waals surface area contributed by atoms with E-state index < -0.39 is 15.9 Å². The molecular formula is C10H12N6O3S. The second-order valence-electron chi connectivity index (χ2n) is 3.92. The molecule has 10 heteroatoms. The molecule has 1 aromatic carbocycles. The number of primary sulfonamides is 1. The Bertz CT molecular complexity index is 739. The number of hydrogen-bond donors (Lipinski definition) is 4. The van der Waals surface area contributed by atoms with E-state index in [2.05, 4.69) is 20.5 Å². The zero-order chi connectivity index (χ0) is 14.8. The quantitative estimate of drug-likeness (QED) is 0.564. The molecule has 0 aliphatic rings. The van der Waals surface area contributed by atoms with E-state index in [0.29, 0.717) is 5.56 Å². The molecule has 1 aromatic heterocycles. The van der Waals surface area contributed by atoms with Crippen LogP contribution in [-0.4, -0.2) is 29.5 Å². The van der Waals surface area contributed by atoms with Gasteiger partial charge in [0.15, 0.2) is 0 Å². The number of sulfonamides is 1. The summed E-state index contributed by atoms with van der Waals surface area (Å²) in [5.41, 5.74) is 5.86. The lowest BCUT2D eigenvalue weighted by Crippen LogP contribution is -2.24. The van der Waals surface area contributed by atoms with Crippen molar-refractivity contribution in [1.82, 2.24) is 20.5 Å². The zero-order valence-corrected chi connectivity index (χ0v) is 11.0. The van der Waals surface area contributed by atoms with E-state index in [-0.39, 0.29) is 23.2 Å². The van der Waals surface area contributed by atoms with Gasteiger partial charge in [-0.25, -0.2) is 13.6 Å². The summed E-state index contributed by atoms with van der Waals surface area (Å²) in [6.07, 6.45) is 0. The summed E-state index contributed by atoms with van der Waals surface area (Å²) in [6.45, 7) is 0.114. The minimum atomic E-state index is -3.77. The maximum Gasteiger partial charge on any atom is 0.288 e. The molecule has 1 heterocycles. The van der Waals surface area contributed by atoms with E-state index in [0.717, 1.165) is 0 Å². The van der Waals surface area contributed by atoms with Crippen LogP contribution in [0.4, 0.5) is 5.95 Å². The Labute approximate surface area is 114 Å². The van der Waals surface area contributed by atoms with E-state index in [1.54, 1.807) is 6.07 Å². The van der Waals surface area contributed by atoms with Gasteiger partial charge in [-0.1, -0.05) is 12.1 Å². The molecule has 0 radical (unpaired) electrons. The van der Waals surface area contributed by atoms with Crippen molar-refractivity contribution in [2.24, 2.45) is 5.14 Å². The number of hydrogen-bond acceptors (Lipinski definition) is 6. The number of anilines is 1. The molecule has 2 aromatic rings. The number of nitrogens with two attached hydrogens (primary N) is 2. The first kappa shape index (κ1) is 14.0. The third-order valence-corrected chi connectivity index (χ3v) is 3.31. The van der Waals surface area contributed by atoms with Gasteiger partial charge in [0, 0.05) is 6.54 Å². The Hall–Kier alpha value is -2.46. The van der Waals surface area contributed by atoms with Crippen molar-refractivity contribution in [3.05, 3.63) is 35.7 Å². The van der Waals surface area contributed by atoms with Crippen molar-refractivity contribution in [1.29, 1.82) is 0 Å². The molecule has 0 saturated carbocycles. The number of carbonyl (C=O) groups is 1. The molecule has 0 aliphatic carbocycles. The highest BCUT2D eigenvalue weighted by Crippen LogP contribution is 2.09. The van der Waals surface area contributed by atoms with E-state index in [1.807, 2.05) is 0 Å². The number of benzene rings is 1. The Kier molecular flexibility index (Phi) is 3.68. The van der Waals surface area contributed by atoms with Gasteiger partial charge in [-0.05, 0) is 17.7 Å². The van der Waals surface area contributed by atoms with Gasteiger partial charge < -0.3 is 11.1 Å². The van der Waals surface area contributed by atoms with Crippen LogP contribution >= 0.6 is 0 Å². The van der Waals surface area contributed by atoms with Gasteiger partial charge in [0.2, 0.25) is 21.8 Å². The monoisotopic (exact) mass is 296 g/mol. The number of nitrogens with one attached hydrogen (secondary N) is 2. The molecule has 0 spiro atoms. The first-order valence-corrected chi connectivity index (χ1v) is 6.99. The van der Waals surface area contributed by atoms with Crippen LogP contribution in [0.1, 0.15) is 16.2 Å². The number of aromatic amines is 1. The molecule has 2 rings (SSSR count). The van der Waals surface area contributed by atoms with Gasteiger partial charge in [-0.3, -0.25) is 9.89 Å². The SMILES string of the molecule is Nc1n[nH]c(C(=O)NCc2cccc(S(N)(=O)=O)c2)n1. The average Bonchev–Trinajstić information content (AvgIpc) is 2.82. The molecule has 1 amide bonds. The average molecular weight is 296 g/mol. The molecule has 0 saturated heterocycles. The number of amides is 1. The van der Waals surface area contributed by atoms with Crippen molar-refractivity contribution < 1.29 is 13.2 Å². The molecule has 106 valence electrons. The second kappa shape index (κ2) is 5.27. The summed E-state index contributed by atoms with van der Waals surface area (Å²) in [6, 6.07) is 5.94. The van der Waals surface area contributed by atoms with Crippen molar-refractivity contribution in [3.8, 4) is 0 Å². The van der Waals surface area contributed by atoms with Gasteiger partial charge >= 0.3 is 0 Å². The Morgan fingerprint density at radius 1 is 1.40 bits per heavy atom. The predicted molar refractivity (Wildman–Crippen MR) is 69.8 cm³/mol. The van der Waals surface area contributed by atoms with Gasteiger partial charge in [-0.15, -0.1) is 5.10 Å². The maximum atomic E-state index is 11.7. The number of nitrogens with zero attached hydrogens (tertiary/aromatic N) is 2. The smallest absolute Gasteiger partial charge is 0.288 e. The van der Waals surface area contributed by atoms with Crippen LogP contribution in [-0.2, 0) is 16.6 Å². The van der Waals surface area contributed by atoms with Gasteiger partial charge in [-0.2, -0.15) is 4.98 Å². The highest BCUT2D eigenvalue weighted by molar-refractivity contribution is 7.89. The molecule has 9 nitrogen and oxygen atoms in total. The van der Waals surface area contributed by atoms with E-state index in [1.165, 1.54) is 18.2 Å². The summed E-state index contributed by atoms with van der Waals surface area (Å²) >= 11 is 0. The van der Waals surface area contributed by atoms with Crippen LogP contribution in [0.3, 0.4) is 0 Å². The summed E-state index contributed by atoms with van der Waals surface area (Å²) in [5, 5.41) is 13.5. The van der Waals surface area contributed by atoms with Crippen molar-refractivity contribution >= 4 is 21.9 Å². The van der Waals surface area contributed by atoms with Crippen LogP contribution in [0.25, 0.3) is 0 Å². The normalized spacial score (nSPS) is 11.2. The maximum absolute atomic E-state index is 11.7. The van der Waals surface area contributed by atoms with Crippen LogP contribution in [0.5, 0.6) is 0 Å². The highest BCUT2D eigenvalue weighted by atomic mass is 32.2. The van der Waals surface area contributed by atoms with Crippen molar-refractivity contribution in [2.45, 2.75) is 11.4 Å². The number of aromatic nitrogens is 3. The van der Waals surface area contributed by atoms with E-state index in [9.17, 15) is 13.2 Å². The number of rotatable bonds is 4. The molecule has 0 bridgehead atoms. The minimum Gasteiger partial charge on any atom is -0.366 e. The molecule has 0 atom stereocenters. The lowest BCUT2D eigenvalue weighted by molar-refractivity contribution is 0.0941. The van der Waals surface area contributed by atoms with Crippen molar-refractivity contribution in [2.75, 3.05) is 5.73 Å². The van der Waals surface area contributed by atoms with E-state index >= 15 is 0 Å². The fourth-order valence-electron chi connectivity index (χ4n) is 1.47. The van der Waals surface area contributed by atoms with Crippen molar-refractivity contribution in [3.63, 3.8) is 0 Å². The van der Waals surface area contributed by atoms with Crippen LogP contribution in [0, 0.1) is 0 Å². The first-order valence-electron chi connectivity index (χ1n) is 5.44. The number of carbonyl (C=O) groups excluding carboxylic acids is 1. The second-order valence-corrected chi connectivity index (χ2v) is 5.48. The Balaban J connectivity index is 2.06. The van der Waals surface area contributed by atoms with Gasteiger partial charge in [0.25, 0.3) is 5.91 Å². The van der Waals surface area contributed by atoms with Gasteiger partial charge in [0.1, 0.15) is 0 Å². The number of nitrogen functional groups attached to an aromatic ring is 1. The van der Waals surface area contributed by atoms with Crippen LogP contribution < -0.4 is 16.2 Å². The minimum absolute atomic E-state index is 0.0202. The standard InChI is InChI=1S/C10H12N6O3S/c11-10-14-8(15-16-10)9(17)13-5-6-2-1-3-7(4-6)20(12,18)19/h1-4H,5H2,(H,13,17)(H2,12,18,19)(H3,11,14,15,16). The summed E-state index contributed by atoms with van der Waals surface area (Å²) < 4.78 is 22.4.